The van der Waals surface area contributed by atoms with Crippen molar-refractivity contribution < 1.29 is 0 Å². The van der Waals surface area contributed by atoms with Gasteiger partial charge in [0.05, 0.1) is 11.6 Å². The molecule has 2 rings (SSSR count). The first-order valence-electron chi connectivity index (χ1n) is 5.00. The number of aryl methyl sites for hydroxylation is 1. The molecule has 0 atom stereocenters. The zero-order valence-electron chi connectivity index (χ0n) is 9.22. The van der Waals surface area contributed by atoms with Crippen LogP contribution in [-0.2, 0) is 0 Å². The largest absolute Gasteiger partial charge is 0.399 e. The van der Waals surface area contributed by atoms with Crippen molar-refractivity contribution in [1.29, 1.82) is 5.26 Å². The van der Waals surface area contributed by atoms with Crippen LogP contribution in [-0.4, -0.2) is 0 Å². The molecule has 0 aliphatic carbocycles. The zero-order valence-corrected chi connectivity index (χ0v) is 9.22. The van der Waals surface area contributed by atoms with E-state index in [0.29, 0.717) is 0 Å². The molecule has 0 heterocycles. The van der Waals surface area contributed by atoms with Gasteiger partial charge < -0.3 is 5.73 Å². The van der Waals surface area contributed by atoms with E-state index in [4.69, 9.17) is 11.0 Å². The lowest BCUT2D eigenvalue weighted by atomic mass is 10.1. The number of nitrogens with zero attached hydrogens (tertiary/aromatic N) is 1. The molecular weight excluding hydrogens is 196 g/mol. The first kappa shape index (κ1) is 11.8. The summed E-state index contributed by atoms with van der Waals surface area (Å²) in [5.74, 6) is 0. The van der Waals surface area contributed by atoms with Crippen LogP contribution >= 0.6 is 0 Å². The SMILES string of the molecule is Cc1ccccc1C#N.Nc1ccccc1. The lowest BCUT2D eigenvalue weighted by Crippen LogP contribution is -1.79. The fourth-order valence-electron chi connectivity index (χ4n) is 1.15. The zero-order chi connectivity index (χ0) is 11.8. The van der Waals surface area contributed by atoms with E-state index >= 15 is 0 Å². The van der Waals surface area contributed by atoms with E-state index in [2.05, 4.69) is 6.07 Å². The van der Waals surface area contributed by atoms with E-state index in [1.165, 1.54) is 0 Å². The molecule has 0 saturated heterocycles. The van der Waals surface area contributed by atoms with E-state index in [9.17, 15) is 0 Å². The van der Waals surface area contributed by atoms with Crippen LogP contribution in [0.15, 0.2) is 54.6 Å². The van der Waals surface area contributed by atoms with Crippen molar-refractivity contribution in [3.05, 3.63) is 65.7 Å². The molecule has 0 unspecified atom stereocenters. The molecule has 0 amide bonds. The molecule has 0 bridgehead atoms. The van der Waals surface area contributed by atoms with Crippen molar-refractivity contribution >= 4 is 5.69 Å². The Balaban J connectivity index is 0.000000165. The minimum absolute atomic E-state index is 0.762. The van der Waals surface area contributed by atoms with E-state index in [1.54, 1.807) is 0 Å². The molecule has 2 N–H and O–H groups in total. The lowest BCUT2D eigenvalue weighted by molar-refractivity contribution is 1.39. The van der Waals surface area contributed by atoms with E-state index in [-0.39, 0.29) is 0 Å². The topological polar surface area (TPSA) is 49.8 Å². The predicted molar refractivity (Wildman–Crippen MR) is 66.7 cm³/mol. The van der Waals surface area contributed by atoms with Crippen molar-refractivity contribution in [2.45, 2.75) is 6.92 Å². The molecule has 2 nitrogen and oxygen atoms in total. The second kappa shape index (κ2) is 6.26. The monoisotopic (exact) mass is 210 g/mol. The summed E-state index contributed by atoms with van der Waals surface area (Å²) in [6, 6.07) is 19.1. The molecule has 0 aliphatic heterocycles. The minimum atomic E-state index is 0.762. The van der Waals surface area contributed by atoms with Crippen molar-refractivity contribution in [3.63, 3.8) is 0 Å². The van der Waals surface area contributed by atoms with E-state index < -0.39 is 0 Å². The highest BCUT2D eigenvalue weighted by atomic mass is 14.5. The summed E-state index contributed by atoms with van der Waals surface area (Å²) < 4.78 is 0. The van der Waals surface area contributed by atoms with E-state index in [0.717, 1.165) is 16.8 Å². The van der Waals surface area contributed by atoms with Crippen LogP contribution in [0.5, 0.6) is 0 Å². The smallest absolute Gasteiger partial charge is 0.0994 e. The molecule has 16 heavy (non-hydrogen) atoms. The molecule has 0 aromatic heterocycles. The fraction of sp³-hybridized carbons (Fsp3) is 0.0714. The van der Waals surface area contributed by atoms with Gasteiger partial charge in [0.2, 0.25) is 0 Å². The quantitative estimate of drug-likeness (QED) is 0.679. The van der Waals surface area contributed by atoms with Crippen LogP contribution in [0.1, 0.15) is 11.1 Å². The minimum Gasteiger partial charge on any atom is -0.399 e. The van der Waals surface area contributed by atoms with Crippen molar-refractivity contribution in [2.24, 2.45) is 0 Å². The van der Waals surface area contributed by atoms with Gasteiger partial charge in [0.25, 0.3) is 0 Å². The van der Waals surface area contributed by atoms with Gasteiger partial charge in [-0.1, -0.05) is 36.4 Å². The standard InChI is InChI=1S/C8H7N.C6H7N/c1-7-4-2-3-5-8(7)6-9;7-6-4-2-1-3-5-6/h2-5H,1H3;1-5H,7H2. The number of anilines is 1. The number of nitriles is 1. The van der Waals surface area contributed by atoms with Crippen LogP contribution in [0, 0.1) is 18.3 Å². The highest BCUT2D eigenvalue weighted by Gasteiger charge is 1.90. The Kier molecular flexibility index (Phi) is 4.62. The van der Waals surface area contributed by atoms with Gasteiger partial charge in [-0.05, 0) is 30.7 Å². The maximum Gasteiger partial charge on any atom is 0.0994 e. The summed E-state index contributed by atoms with van der Waals surface area (Å²) in [7, 11) is 0. The van der Waals surface area contributed by atoms with Crippen LogP contribution in [0.2, 0.25) is 0 Å². The molecule has 2 heteroatoms. The van der Waals surface area contributed by atoms with Gasteiger partial charge in [-0.25, -0.2) is 0 Å². The molecule has 0 saturated carbocycles. The highest BCUT2D eigenvalue weighted by Crippen LogP contribution is 2.03. The number of nitrogen functional groups attached to an aromatic ring is 1. The normalized spacial score (nSPS) is 8.50. The molecule has 0 radical (unpaired) electrons. The molecule has 80 valence electrons. The van der Waals surface area contributed by atoms with Crippen molar-refractivity contribution in [1.82, 2.24) is 0 Å². The van der Waals surface area contributed by atoms with E-state index in [1.807, 2.05) is 61.5 Å². The average molecular weight is 210 g/mol. The Labute approximate surface area is 96.0 Å². The Morgan fingerprint density at radius 2 is 1.50 bits per heavy atom. The summed E-state index contributed by atoms with van der Waals surface area (Å²) in [6.07, 6.45) is 0. The maximum atomic E-state index is 8.47. The number of hydrogen-bond acceptors (Lipinski definition) is 2. The van der Waals surface area contributed by atoms with Gasteiger partial charge in [0.1, 0.15) is 0 Å². The van der Waals surface area contributed by atoms with Crippen molar-refractivity contribution in [2.75, 3.05) is 5.73 Å². The summed E-state index contributed by atoms with van der Waals surface area (Å²) in [4.78, 5) is 0. The van der Waals surface area contributed by atoms with Crippen LogP contribution in [0.4, 0.5) is 5.69 Å². The second-order valence-corrected chi connectivity index (χ2v) is 3.34. The fourth-order valence-corrected chi connectivity index (χ4v) is 1.15. The second-order valence-electron chi connectivity index (χ2n) is 3.34. The van der Waals surface area contributed by atoms with Crippen LogP contribution in [0.25, 0.3) is 0 Å². The number of para-hydroxylation sites is 1. The maximum absolute atomic E-state index is 8.47. The third-order valence-corrected chi connectivity index (χ3v) is 2.07. The van der Waals surface area contributed by atoms with Gasteiger partial charge in [-0.3, -0.25) is 0 Å². The molecule has 2 aromatic rings. The predicted octanol–water partition coefficient (Wildman–Crippen LogP) is 3.14. The lowest BCUT2D eigenvalue weighted by Gasteiger charge is -1.90. The van der Waals surface area contributed by atoms with Crippen LogP contribution < -0.4 is 5.73 Å². The van der Waals surface area contributed by atoms with Gasteiger partial charge in [0, 0.05) is 5.69 Å². The molecule has 0 aliphatic rings. The number of hydrogen-bond donors (Lipinski definition) is 1. The average Bonchev–Trinajstić information content (AvgIpc) is 2.31. The Morgan fingerprint density at radius 1 is 0.938 bits per heavy atom. The summed E-state index contributed by atoms with van der Waals surface area (Å²) in [5, 5.41) is 8.47. The Bertz CT molecular complexity index is 470. The van der Waals surface area contributed by atoms with Crippen molar-refractivity contribution in [3.8, 4) is 6.07 Å². The molecule has 0 fully saturated rings. The van der Waals surface area contributed by atoms with Gasteiger partial charge in [-0.2, -0.15) is 5.26 Å². The Hall–Kier alpha value is -2.27. The molecule has 0 spiro atoms. The van der Waals surface area contributed by atoms with Crippen LogP contribution in [0.3, 0.4) is 0 Å². The number of rotatable bonds is 0. The number of nitrogens with two attached hydrogens (primary N) is 1. The van der Waals surface area contributed by atoms with Gasteiger partial charge in [0.15, 0.2) is 0 Å². The highest BCUT2D eigenvalue weighted by molar-refractivity contribution is 5.36. The first-order chi connectivity index (χ1) is 7.74. The third kappa shape index (κ3) is 3.85. The first-order valence-corrected chi connectivity index (χ1v) is 5.00. The summed E-state index contributed by atoms with van der Waals surface area (Å²) >= 11 is 0. The van der Waals surface area contributed by atoms with Gasteiger partial charge in [-0.15, -0.1) is 0 Å². The third-order valence-electron chi connectivity index (χ3n) is 2.07. The summed E-state index contributed by atoms with van der Waals surface area (Å²) in [5.41, 5.74) is 7.98. The number of benzene rings is 2. The summed E-state index contributed by atoms with van der Waals surface area (Å²) in [6.45, 7) is 1.93. The Morgan fingerprint density at radius 3 is 1.88 bits per heavy atom. The van der Waals surface area contributed by atoms with Gasteiger partial charge >= 0.3 is 0 Å². The molecule has 2 aromatic carbocycles. The molecular formula is C14H14N2.